The zero-order chi connectivity index (χ0) is 15.5. The summed E-state index contributed by atoms with van der Waals surface area (Å²) < 4.78 is 18.8. The standard InChI is InChI=1S/C15H15ClFN3O2/c16-10-8-12(17)14(18-9-10)19-11-3-5-20(6-4-11)15(21)13-2-1-7-22-13/h1-2,7-9,11H,3-6H2,(H,18,19). The van der Waals surface area contributed by atoms with Gasteiger partial charge in [-0.05, 0) is 31.0 Å². The molecule has 3 heterocycles. The molecule has 0 radical (unpaired) electrons. The topological polar surface area (TPSA) is 58.4 Å². The van der Waals surface area contributed by atoms with E-state index in [1.807, 2.05) is 0 Å². The van der Waals surface area contributed by atoms with Gasteiger partial charge in [0.05, 0.1) is 11.3 Å². The zero-order valence-corrected chi connectivity index (χ0v) is 12.5. The third kappa shape index (κ3) is 3.22. The number of pyridine rings is 1. The van der Waals surface area contributed by atoms with Crippen LogP contribution in [0, 0.1) is 5.82 Å². The van der Waals surface area contributed by atoms with E-state index in [1.54, 1.807) is 17.0 Å². The Morgan fingerprint density at radius 2 is 2.23 bits per heavy atom. The lowest BCUT2D eigenvalue weighted by Gasteiger charge is -2.32. The number of nitrogens with one attached hydrogen (secondary N) is 1. The number of hydrogen-bond donors (Lipinski definition) is 1. The van der Waals surface area contributed by atoms with Gasteiger partial charge in [0.1, 0.15) is 0 Å². The average molecular weight is 324 g/mol. The third-order valence-corrected chi connectivity index (χ3v) is 3.87. The monoisotopic (exact) mass is 323 g/mol. The quantitative estimate of drug-likeness (QED) is 0.942. The average Bonchev–Trinajstić information content (AvgIpc) is 3.04. The van der Waals surface area contributed by atoms with Crippen molar-refractivity contribution in [1.29, 1.82) is 0 Å². The first-order chi connectivity index (χ1) is 10.6. The molecule has 1 N–H and O–H groups in total. The molecule has 1 saturated heterocycles. The van der Waals surface area contributed by atoms with Crippen molar-refractivity contribution in [3.63, 3.8) is 0 Å². The van der Waals surface area contributed by atoms with Crippen LogP contribution in [0.4, 0.5) is 10.2 Å². The van der Waals surface area contributed by atoms with Crippen molar-refractivity contribution in [1.82, 2.24) is 9.88 Å². The van der Waals surface area contributed by atoms with E-state index in [4.69, 9.17) is 16.0 Å². The molecule has 22 heavy (non-hydrogen) atoms. The Balaban J connectivity index is 1.56. The Hall–Kier alpha value is -2.08. The van der Waals surface area contributed by atoms with Gasteiger partial charge in [0, 0.05) is 25.3 Å². The summed E-state index contributed by atoms with van der Waals surface area (Å²) in [6.07, 6.45) is 4.32. The number of aromatic nitrogens is 1. The van der Waals surface area contributed by atoms with Crippen LogP contribution >= 0.6 is 11.6 Å². The molecule has 1 aliphatic rings. The molecular formula is C15H15ClFN3O2. The van der Waals surface area contributed by atoms with Crippen LogP contribution in [0.25, 0.3) is 0 Å². The molecule has 0 atom stereocenters. The summed E-state index contributed by atoms with van der Waals surface area (Å²) in [5, 5.41) is 3.33. The number of nitrogens with zero attached hydrogens (tertiary/aromatic N) is 2. The second kappa shape index (κ2) is 6.36. The van der Waals surface area contributed by atoms with Gasteiger partial charge in [-0.25, -0.2) is 9.37 Å². The van der Waals surface area contributed by atoms with E-state index in [0.29, 0.717) is 18.8 Å². The summed E-state index contributed by atoms with van der Waals surface area (Å²) in [6, 6.07) is 4.65. The molecule has 0 bridgehead atoms. The van der Waals surface area contributed by atoms with E-state index in [-0.39, 0.29) is 22.8 Å². The predicted molar refractivity (Wildman–Crippen MR) is 80.5 cm³/mol. The van der Waals surface area contributed by atoms with Crippen molar-refractivity contribution < 1.29 is 13.6 Å². The first-order valence-corrected chi connectivity index (χ1v) is 7.41. The van der Waals surface area contributed by atoms with Gasteiger partial charge in [-0.3, -0.25) is 4.79 Å². The van der Waals surface area contributed by atoms with Gasteiger partial charge in [0.15, 0.2) is 17.4 Å². The minimum absolute atomic E-state index is 0.0730. The molecule has 1 fully saturated rings. The van der Waals surface area contributed by atoms with Crippen molar-refractivity contribution in [2.75, 3.05) is 18.4 Å². The SMILES string of the molecule is O=C(c1ccco1)N1CCC(Nc2ncc(Cl)cc2F)CC1. The fourth-order valence-electron chi connectivity index (χ4n) is 2.50. The van der Waals surface area contributed by atoms with Crippen molar-refractivity contribution in [2.24, 2.45) is 0 Å². The molecule has 3 rings (SSSR count). The molecule has 2 aromatic heterocycles. The second-order valence-electron chi connectivity index (χ2n) is 5.17. The maximum Gasteiger partial charge on any atom is 0.289 e. The molecule has 7 heteroatoms. The van der Waals surface area contributed by atoms with Crippen LogP contribution in [-0.2, 0) is 0 Å². The van der Waals surface area contributed by atoms with Crippen molar-refractivity contribution in [3.8, 4) is 0 Å². The molecule has 116 valence electrons. The molecule has 0 spiro atoms. The van der Waals surface area contributed by atoms with Crippen molar-refractivity contribution in [2.45, 2.75) is 18.9 Å². The molecule has 0 aromatic carbocycles. The largest absolute Gasteiger partial charge is 0.459 e. The van der Waals surface area contributed by atoms with Crippen LogP contribution in [-0.4, -0.2) is 34.9 Å². The number of anilines is 1. The molecular weight excluding hydrogens is 309 g/mol. The Labute approximate surface area is 132 Å². The van der Waals surface area contributed by atoms with Crippen LogP contribution in [0.5, 0.6) is 0 Å². The van der Waals surface area contributed by atoms with Gasteiger partial charge in [0.25, 0.3) is 5.91 Å². The predicted octanol–water partition coefficient (Wildman–Crippen LogP) is 3.18. The number of carbonyl (C=O) groups excluding carboxylic acids is 1. The summed E-state index contributed by atoms with van der Waals surface area (Å²) in [5.41, 5.74) is 0. The van der Waals surface area contributed by atoms with Crippen LogP contribution in [0.15, 0.2) is 35.1 Å². The van der Waals surface area contributed by atoms with Gasteiger partial charge in [-0.1, -0.05) is 11.6 Å². The first-order valence-electron chi connectivity index (χ1n) is 7.04. The highest BCUT2D eigenvalue weighted by molar-refractivity contribution is 6.30. The fourth-order valence-corrected chi connectivity index (χ4v) is 2.64. The first kappa shape index (κ1) is 14.8. The zero-order valence-electron chi connectivity index (χ0n) is 11.8. The lowest BCUT2D eigenvalue weighted by Crippen LogP contribution is -2.42. The number of rotatable bonds is 3. The number of likely N-dealkylation sites (tertiary alicyclic amines) is 1. The highest BCUT2D eigenvalue weighted by atomic mass is 35.5. The van der Waals surface area contributed by atoms with E-state index in [9.17, 15) is 9.18 Å². The van der Waals surface area contributed by atoms with E-state index in [2.05, 4.69) is 10.3 Å². The lowest BCUT2D eigenvalue weighted by atomic mass is 10.0. The van der Waals surface area contributed by atoms with E-state index in [0.717, 1.165) is 12.8 Å². The number of furan rings is 1. The molecule has 0 saturated carbocycles. The number of halogens is 2. The Morgan fingerprint density at radius 3 is 2.86 bits per heavy atom. The number of carbonyl (C=O) groups is 1. The second-order valence-corrected chi connectivity index (χ2v) is 5.61. The molecule has 5 nitrogen and oxygen atoms in total. The van der Waals surface area contributed by atoms with Crippen molar-refractivity contribution >= 4 is 23.3 Å². The van der Waals surface area contributed by atoms with Crippen LogP contribution < -0.4 is 5.32 Å². The van der Waals surface area contributed by atoms with E-state index < -0.39 is 5.82 Å². The van der Waals surface area contributed by atoms with Gasteiger partial charge in [-0.15, -0.1) is 0 Å². The number of hydrogen-bond acceptors (Lipinski definition) is 4. The molecule has 0 unspecified atom stereocenters. The summed E-state index contributed by atoms with van der Waals surface area (Å²) in [5.74, 6) is -0.0436. The maximum atomic E-state index is 13.7. The highest BCUT2D eigenvalue weighted by Gasteiger charge is 2.25. The van der Waals surface area contributed by atoms with Crippen LogP contribution in [0.2, 0.25) is 5.02 Å². The van der Waals surface area contributed by atoms with E-state index in [1.165, 1.54) is 18.5 Å². The summed E-state index contributed by atoms with van der Waals surface area (Å²) in [4.78, 5) is 17.8. The highest BCUT2D eigenvalue weighted by Crippen LogP contribution is 2.20. The smallest absolute Gasteiger partial charge is 0.289 e. The molecule has 0 aliphatic carbocycles. The van der Waals surface area contributed by atoms with Crippen molar-refractivity contribution in [3.05, 3.63) is 47.3 Å². The Kier molecular flexibility index (Phi) is 4.29. The van der Waals surface area contributed by atoms with Crippen LogP contribution in [0.1, 0.15) is 23.4 Å². The summed E-state index contributed by atoms with van der Waals surface area (Å²) in [7, 11) is 0. The van der Waals surface area contributed by atoms with Gasteiger partial charge >= 0.3 is 0 Å². The fraction of sp³-hybridized carbons (Fsp3) is 0.333. The molecule has 1 amide bonds. The minimum atomic E-state index is -0.471. The Morgan fingerprint density at radius 1 is 1.45 bits per heavy atom. The Bertz CT molecular complexity index is 655. The summed E-state index contributed by atoms with van der Waals surface area (Å²) >= 11 is 5.68. The minimum Gasteiger partial charge on any atom is -0.459 e. The van der Waals surface area contributed by atoms with Gasteiger partial charge in [0.2, 0.25) is 0 Å². The maximum absolute atomic E-state index is 13.7. The third-order valence-electron chi connectivity index (χ3n) is 3.66. The lowest BCUT2D eigenvalue weighted by molar-refractivity contribution is 0.0686. The molecule has 1 aliphatic heterocycles. The summed E-state index contributed by atoms with van der Waals surface area (Å²) in [6.45, 7) is 1.18. The number of piperidine rings is 1. The normalized spacial score (nSPS) is 15.8. The van der Waals surface area contributed by atoms with E-state index >= 15 is 0 Å². The number of amides is 1. The van der Waals surface area contributed by atoms with Gasteiger partial charge in [-0.2, -0.15) is 0 Å². The van der Waals surface area contributed by atoms with Gasteiger partial charge < -0.3 is 14.6 Å². The molecule has 2 aromatic rings. The van der Waals surface area contributed by atoms with Crippen LogP contribution in [0.3, 0.4) is 0 Å².